The van der Waals surface area contributed by atoms with Gasteiger partial charge in [0.25, 0.3) is 5.56 Å². The number of halogens is 1. The highest BCUT2D eigenvalue weighted by atomic mass is 32.1. The van der Waals surface area contributed by atoms with Crippen molar-refractivity contribution in [2.45, 2.75) is 26.0 Å². The first-order valence-corrected chi connectivity index (χ1v) is 13.5. The van der Waals surface area contributed by atoms with E-state index in [0.717, 1.165) is 11.1 Å². The molecule has 0 aliphatic carbocycles. The zero-order chi connectivity index (χ0) is 28.2. The van der Waals surface area contributed by atoms with Gasteiger partial charge in [-0.05, 0) is 53.5 Å². The van der Waals surface area contributed by atoms with E-state index in [4.69, 9.17) is 14.2 Å². The SMILES string of the molecule is CCC1=C(C(=O)OC)[C@@H](c2ccccc2)n2c(s/c(=C\c3ccc(OCc4cccc(F)c4)c(OC)c3)c2=O)=N1. The molecule has 40 heavy (non-hydrogen) atoms. The summed E-state index contributed by atoms with van der Waals surface area (Å²) in [7, 11) is 2.86. The van der Waals surface area contributed by atoms with E-state index in [1.807, 2.05) is 43.3 Å². The average molecular weight is 559 g/mol. The quantitative estimate of drug-likeness (QED) is 0.297. The van der Waals surface area contributed by atoms with Crippen LogP contribution in [0.25, 0.3) is 6.08 Å². The topological polar surface area (TPSA) is 79.1 Å². The van der Waals surface area contributed by atoms with Gasteiger partial charge in [-0.15, -0.1) is 0 Å². The number of hydrogen-bond acceptors (Lipinski definition) is 7. The average Bonchev–Trinajstić information content (AvgIpc) is 3.29. The lowest BCUT2D eigenvalue weighted by molar-refractivity contribution is -0.136. The highest BCUT2D eigenvalue weighted by Gasteiger charge is 2.33. The molecule has 0 N–H and O–H groups in total. The number of fused-ring (bicyclic) bond motifs is 1. The molecule has 0 radical (unpaired) electrons. The van der Waals surface area contributed by atoms with E-state index in [-0.39, 0.29) is 18.0 Å². The van der Waals surface area contributed by atoms with Crippen LogP contribution in [0, 0.1) is 5.82 Å². The number of thiazole rings is 1. The first-order chi connectivity index (χ1) is 19.4. The molecule has 9 heteroatoms. The molecule has 4 aromatic rings. The molecule has 2 heterocycles. The van der Waals surface area contributed by atoms with Crippen molar-refractivity contribution in [2.75, 3.05) is 14.2 Å². The third-order valence-electron chi connectivity index (χ3n) is 6.53. The molecule has 0 bridgehead atoms. The number of nitrogens with zero attached hydrogens (tertiary/aromatic N) is 2. The third kappa shape index (κ3) is 5.33. The Bertz CT molecular complexity index is 1780. The van der Waals surface area contributed by atoms with Gasteiger partial charge in [0.05, 0.1) is 36.1 Å². The molecule has 1 aliphatic rings. The highest BCUT2D eigenvalue weighted by Crippen LogP contribution is 2.32. The number of aromatic nitrogens is 1. The van der Waals surface area contributed by atoms with Gasteiger partial charge in [-0.25, -0.2) is 14.2 Å². The Labute approximate surface area is 234 Å². The second kappa shape index (κ2) is 11.7. The van der Waals surface area contributed by atoms with Crippen molar-refractivity contribution in [2.24, 2.45) is 4.99 Å². The lowest BCUT2D eigenvalue weighted by Crippen LogP contribution is -2.40. The van der Waals surface area contributed by atoms with Crippen molar-refractivity contribution in [3.63, 3.8) is 0 Å². The van der Waals surface area contributed by atoms with E-state index in [2.05, 4.69) is 4.99 Å². The Morgan fingerprint density at radius 3 is 2.55 bits per heavy atom. The Morgan fingerprint density at radius 1 is 1.05 bits per heavy atom. The second-order valence-corrected chi connectivity index (χ2v) is 10.0. The number of carbonyl (C=O) groups is 1. The van der Waals surface area contributed by atoms with Gasteiger partial charge in [0.15, 0.2) is 16.3 Å². The fraction of sp³-hybridized carbons (Fsp3) is 0.194. The fourth-order valence-corrected chi connectivity index (χ4v) is 5.67. The minimum atomic E-state index is -0.657. The van der Waals surface area contributed by atoms with Gasteiger partial charge in [0.1, 0.15) is 12.4 Å². The lowest BCUT2D eigenvalue weighted by Gasteiger charge is -2.25. The van der Waals surface area contributed by atoms with Crippen LogP contribution >= 0.6 is 11.3 Å². The lowest BCUT2D eigenvalue weighted by atomic mass is 9.95. The van der Waals surface area contributed by atoms with Crippen LogP contribution in [0.5, 0.6) is 11.5 Å². The standard InChI is InChI=1S/C31H27FN2O5S/c1-4-23-27(30(36)38-3)28(21-10-6-5-7-11-21)34-29(35)26(40-31(34)33-23)17-19-13-14-24(25(16-19)37-2)39-18-20-9-8-12-22(32)15-20/h5-17,28H,4,18H2,1-3H3/b26-17-/t28-/m1/s1. The largest absolute Gasteiger partial charge is 0.493 e. The van der Waals surface area contributed by atoms with Gasteiger partial charge < -0.3 is 14.2 Å². The maximum absolute atomic E-state index is 13.8. The molecule has 1 atom stereocenters. The van der Waals surface area contributed by atoms with Crippen molar-refractivity contribution < 1.29 is 23.4 Å². The first kappa shape index (κ1) is 27.1. The molecule has 204 valence electrons. The van der Waals surface area contributed by atoms with Crippen LogP contribution in [0.15, 0.2) is 93.9 Å². The van der Waals surface area contributed by atoms with Crippen molar-refractivity contribution >= 4 is 23.4 Å². The molecule has 0 unspecified atom stereocenters. The predicted octanol–water partition coefficient (Wildman–Crippen LogP) is 4.53. The van der Waals surface area contributed by atoms with Crippen LogP contribution in [0.1, 0.15) is 36.1 Å². The summed E-state index contributed by atoms with van der Waals surface area (Å²) in [5.41, 5.74) is 2.89. The molecule has 5 rings (SSSR count). The number of allylic oxidation sites excluding steroid dienone is 1. The minimum Gasteiger partial charge on any atom is -0.493 e. The van der Waals surface area contributed by atoms with E-state index in [1.54, 1.807) is 34.9 Å². The van der Waals surface area contributed by atoms with E-state index in [9.17, 15) is 14.0 Å². The molecular weight excluding hydrogens is 531 g/mol. The van der Waals surface area contributed by atoms with Gasteiger partial charge in [-0.3, -0.25) is 9.36 Å². The molecule has 0 saturated heterocycles. The monoisotopic (exact) mass is 558 g/mol. The van der Waals surface area contributed by atoms with Crippen LogP contribution in [-0.2, 0) is 16.1 Å². The van der Waals surface area contributed by atoms with E-state index >= 15 is 0 Å². The molecule has 3 aromatic carbocycles. The molecule has 1 aromatic heterocycles. The Morgan fingerprint density at radius 2 is 1.85 bits per heavy atom. The normalized spacial score (nSPS) is 14.9. The number of carbonyl (C=O) groups excluding carboxylic acids is 1. The smallest absolute Gasteiger partial charge is 0.338 e. The summed E-state index contributed by atoms with van der Waals surface area (Å²) in [5.74, 6) is 0.123. The van der Waals surface area contributed by atoms with Crippen molar-refractivity contribution in [3.05, 3.63) is 126 Å². The third-order valence-corrected chi connectivity index (χ3v) is 7.52. The van der Waals surface area contributed by atoms with Crippen LogP contribution in [0.4, 0.5) is 4.39 Å². The number of hydrogen-bond donors (Lipinski definition) is 0. The van der Waals surface area contributed by atoms with Gasteiger partial charge in [0, 0.05) is 0 Å². The Hall–Kier alpha value is -4.50. The summed E-state index contributed by atoms with van der Waals surface area (Å²) < 4.78 is 32.0. The number of ether oxygens (including phenoxy) is 3. The summed E-state index contributed by atoms with van der Waals surface area (Å²) >= 11 is 1.26. The van der Waals surface area contributed by atoms with E-state index in [0.29, 0.717) is 44.1 Å². The second-order valence-electron chi connectivity index (χ2n) is 9.03. The molecule has 0 amide bonds. The van der Waals surface area contributed by atoms with Crippen LogP contribution in [0.3, 0.4) is 0 Å². The maximum atomic E-state index is 13.8. The number of rotatable bonds is 8. The molecule has 7 nitrogen and oxygen atoms in total. The fourth-order valence-electron chi connectivity index (χ4n) is 4.65. The number of benzene rings is 3. The Balaban J connectivity index is 1.55. The highest BCUT2D eigenvalue weighted by molar-refractivity contribution is 7.07. The summed E-state index contributed by atoms with van der Waals surface area (Å²) in [6, 6.07) is 20.3. The predicted molar refractivity (Wildman–Crippen MR) is 151 cm³/mol. The first-order valence-electron chi connectivity index (χ1n) is 12.7. The van der Waals surface area contributed by atoms with Crippen LogP contribution < -0.4 is 24.4 Å². The van der Waals surface area contributed by atoms with Gasteiger partial charge in [-0.1, -0.05) is 66.8 Å². The number of methoxy groups -OCH3 is 2. The van der Waals surface area contributed by atoms with Crippen molar-refractivity contribution in [1.82, 2.24) is 4.57 Å². The van der Waals surface area contributed by atoms with Gasteiger partial charge in [0.2, 0.25) is 0 Å². The van der Waals surface area contributed by atoms with E-state index in [1.165, 1.54) is 37.7 Å². The zero-order valence-electron chi connectivity index (χ0n) is 22.2. The summed E-state index contributed by atoms with van der Waals surface area (Å²) in [5, 5.41) is 0. The van der Waals surface area contributed by atoms with Crippen LogP contribution in [-0.4, -0.2) is 24.8 Å². The molecule has 0 saturated carbocycles. The minimum absolute atomic E-state index is 0.174. The van der Waals surface area contributed by atoms with Gasteiger partial charge in [-0.2, -0.15) is 0 Å². The van der Waals surface area contributed by atoms with E-state index < -0.39 is 12.0 Å². The molecular formula is C31H27FN2O5S. The molecule has 0 spiro atoms. The summed E-state index contributed by atoms with van der Waals surface area (Å²) in [6.45, 7) is 2.09. The molecule has 1 aliphatic heterocycles. The Kier molecular flexibility index (Phi) is 7.93. The van der Waals surface area contributed by atoms with Crippen LogP contribution in [0.2, 0.25) is 0 Å². The van der Waals surface area contributed by atoms with Gasteiger partial charge >= 0.3 is 5.97 Å². The van der Waals surface area contributed by atoms with Crippen molar-refractivity contribution in [3.8, 4) is 11.5 Å². The number of esters is 1. The zero-order valence-corrected chi connectivity index (χ0v) is 23.0. The maximum Gasteiger partial charge on any atom is 0.338 e. The molecule has 0 fully saturated rings. The summed E-state index contributed by atoms with van der Waals surface area (Å²) in [4.78, 5) is 31.9. The summed E-state index contributed by atoms with van der Waals surface area (Å²) in [6.07, 6.45) is 2.27. The van der Waals surface area contributed by atoms with Crippen molar-refractivity contribution in [1.29, 1.82) is 0 Å².